The van der Waals surface area contributed by atoms with Crippen molar-refractivity contribution in [2.75, 3.05) is 26.8 Å². The molecule has 1 rings (SSSR count). The summed E-state index contributed by atoms with van der Waals surface area (Å²) in [4.78, 5) is 2.12. The fourth-order valence-electron chi connectivity index (χ4n) is 1.78. The van der Waals surface area contributed by atoms with Crippen molar-refractivity contribution in [3.63, 3.8) is 0 Å². The first kappa shape index (κ1) is 15.8. The monoisotopic (exact) mass is 267 g/mol. The summed E-state index contributed by atoms with van der Waals surface area (Å²) >= 11 is 0. The molecule has 0 fully saturated rings. The van der Waals surface area contributed by atoms with Crippen molar-refractivity contribution in [1.29, 1.82) is 0 Å². The lowest BCUT2D eigenvalue weighted by molar-refractivity contribution is 0.0625. The average Bonchev–Trinajstić information content (AvgIpc) is 2.34. The van der Waals surface area contributed by atoms with Crippen LogP contribution >= 0.6 is 0 Å². The second-order valence-corrected chi connectivity index (χ2v) is 4.85. The highest BCUT2D eigenvalue weighted by molar-refractivity contribution is 5.45. The van der Waals surface area contributed by atoms with Crippen LogP contribution in [-0.2, 0) is 11.3 Å². The van der Waals surface area contributed by atoms with Crippen LogP contribution in [0.15, 0.2) is 18.2 Å². The van der Waals surface area contributed by atoms with E-state index in [2.05, 4.69) is 4.90 Å². The number of likely N-dealkylation sites (N-methyl/N-ethyl adjacent to an activating group) is 1. The molecule has 1 N–H and O–H groups in total. The fraction of sp³-hybridized carbons (Fsp3) is 0.600. The molecule has 0 saturated carbocycles. The molecule has 0 aliphatic carbocycles. The highest BCUT2D eigenvalue weighted by Gasteiger charge is 2.10. The van der Waals surface area contributed by atoms with Gasteiger partial charge in [0.05, 0.1) is 19.3 Å². The second kappa shape index (κ2) is 8.02. The van der Waals surface area contributed by atoms with Crippen LogP contribution < -0.4 is 4.74 Å². The van der Waals surface area contributed by atoms with Gasteiger partial charge in [0.15, 0.2) is 11.5 Å². The number of hydrogen-bond donors (Lipinski definition) is 1. The highest BCUT2D eigenvalue weighted by atomic mass is 16.5. The van der Waals surface area contributed by atoms with Crippen molar-refractivity contribution >= 4 is 0 Å². The van der Waals surface area contributed by atoms with E-state index < -0.39 is 0 Å². The van der Waals surface area contributed by atoms with Gasteiger partial charge in [0.25, 0.3) is 0 Å². The van der Waals surface area contributed by atoms with Crippen LogP contribution in [0.3, 0.4) is 0 Å². The van der Waals surface area contributed by atoms with E-state index in [1.807, 2.05) is 40.0 Å². The zero-order valence-electron chi connectivity index (χ0n) is 12.3. The Morgan fingerprint density at radius 2 is 2.05 bits per heavy atom. The molecule has 0 amide bonds. The zero-order valence-corrected chi connectivity index (χ0v) is 12.3. The van der Waals surface area contributed by atoms with Crippen LogP contribution in [0.25, 0.3) is 0 Å². The summed E-state index contributed by atoms with van der Waals surface area (Å²) in [6.45, 7) is 8.70. The van der Waals surface area contributed by atoms with Gasteiger partial charge < -0.3 is 14.6 Å². The third-order valence-electron chi connectivity index (χ3n) is 2.75. The highest BCUT2D eigenvalue weighted by Crippen LogP contribution is 2.30. The molecule has 0 spiro atoms. The Balaban J connectivity index is 2.54. The van der Waals surface area contributed by atoms with Gasteiger partial charge in [0.2, 0.25) is 0 Å². The van der Waals surface area contributed by atoms with Gasteiger partial charge in [-0.1, -0.05) is 12.1 Å². The van der Waals surface area contributed by atoms with Crippen molar-refractivity contribution in [2.24, 2.45) is 0 Å². The predicted octanol–water partition coefficient (Wildman–Crippen LogP) is 2.65. The molecule has 19 heavy (non-hydrogen) atoms. The first-order valence-electron chi connectivity index (χ1n) is 6.78. The Morgan fingerprint density at radius 3 is 2.68 bits per heavy atom. The van der Waals surface area contributed by atoms with E-state index in [1.165, 1.54) is 0 Å². The van der Waals surface area contributed by atoms with E-state index in [-0.39, 0.29) is 11.9 Å². The largest absolute Gasteiger partial charge is 0.504 e. The van der Waals surface area contributed by atoms with Crippen molar-refractivity contribution in [2.45, 2.75) is 33.4 Å². The van der Waals surface area contributed by atoms with Crippen LogP contribution in [-0.4, -0.2) is 42.9 Å². The molecule has 4 heteroatoms. The minimum Gasteiger partial charge on any atom is -0.504 e. The molecular formula is C15H25NO3. The Hall–Kier alpha value is -1.26. The van der Waals surface area contributed by atoms with Gasteiger partial charge in [-0.15, -0.1) is 0 Å². The zero-order chi connectivity index (χ0) is 14.3. The summed E-state index contributed by atoms with van der Waals surface area (Å²) in [7, 11) is 2.01. The quantitative estimate of drug-likeness (QED) is 0.786. The lowest BCUT2D eigenvalue weighted by Crippen LogP contribution is -2.24. The average molecular weight is 267 g/mol. The third-order valence-corrected chi connectivity index (χ3v) is 2.75. The summed E-state index contributed by atoms with van der Waals surface area (Å²) in [5.74, 6) is 0.785. The van der Waals surface area contributed by atoms with Crippen molar-refractivity contribution in [3.8, 4) is 11.5 Å². The lowest BCUT2D eigenvalue weighted by Gasteiger charge is -2.19. The number of rotatable bonds is 8. The van der Waals surface area contributed by atoms with Gasteiger partial charge in [0, 0.05) is 18.7 Å². The molecular weight excluding hydrogens is 242 g/mol. The van der Waals surface area contributed by atoms with Gasteiger partial charge >= 0.3 is 0 Å². The normalized spacial score (nSPS) is 11.3. The Labute approximate surface area is 115 Å². The first-order valence-corrected chi connectivity index (χ1v) is 6.78. The SMILES string of the molecule is CCOc1cccc(CN(C)CCOC(C)C)c1O. The standard InChI is InChI=1S/C15H25NO3/c1-5-18-14-8-6-7-13(15(14)17)11-16(4)9-10-19-12(2)3/h6-8,12,17H,5,9-11H2,1-4H3. The van der Waals surface area contributed by atoms with Crippen molar-refractivity contribution in [3.05, 3.63) is 23.8 Å². The molecule has 0 aliphatic heterocycles. The van der Waals surface area contributed by atoms with Gasteiger partial charge in [-0.3, -0.25) is 4.90 Å². The van der Waals surface area contributed by atoms with E-state index >= 15 is 0 Å². The third kappa shape index (κ3) is 5.49. The molecule has 0 atom stereocenters. The molecule has 0 radical (unpaired) electrons. The number of aromatic hydroxyl groups is 1. The molecule has 1 aromatic carbocycles. The number of nitrogens with zero attached hydrogens (tertiary/aromatic N) is 1. The minimum atomic E-state index is 0.237. The summed E-state index contributed by atoms with van der Waals surface area (Å²) in [6.07, 6.45) is 0.253. The smallest absolute Gasteiger partial charge is 0.162 e. The van der Waals surface area contributed by atoms with Crippen LogP contribution in [0, 0.1) is 0 Å². The number of phenolic OH excluding ortho intramolecular Hbond substituents is 1. The molecule has 108 valence electrons. The molecule has 0 unspecified atom stereocenters. The van der Waals surface area contributed by atoms with Crippen molar-refractivity contribution < 1.29 is 14.6 Å². The van der Waals surface area contributed by atoms with Crippen LogP contribution in [0.4, 0.5) is 0 Å². The molecule has 4 nitrogen and oxygen atoms in total. The minimum absolute atomic E-state index is 0.237. The van der Waals surface area contributed by atoms with E-state index in [0.29, 0.717) is 25.5 Å². The van der Waals surface area contributed by atoms with E-state index in [0.717, 1.165) is 12.1 Å². The van der Waals surface area contributed by atoms with E-state index in [4.69, 9.17) is 9.47 Å². The number of benzene rings is 1. The van der Waals surface area contributed by atoms with Gasteiger partial charge in [-0.25, -0.2) is 0 Å². The molecule has 0 bridgehead atoms. The Kier molecular flexibility index (Phi) is 6.67. The molecule has 1 aromatic rings. The maximum Gasteiger partial charge on any atom is 0.162 e. The van der Waals surface area contributed by atoms with Gasteiger partial charge in [0.1, 0.15) is 0 Å². The molecule has 0 heterocycles. The molecule has 0 saturated heterocycles. The maximum atomic E-state index is 10.1. The van der Waals surface area contributed by atoms with E-state index in [1.54, 1.807) is 6.07 Å². The predicted molar refractivity (Wildman–Crippen MR) is 76.7 cm³/mol. The topological polar surface area (TPSA) is 41.9 Å². The van der Waals surface area contributed by atoms with Crippen LogP contribution in [0.2, 0.25) is 0 Å². The van der Waals surface area contributed by atoms with Crippen LogP contribution in [0.1, 0.15) is 26.3 Å². The summed E-state index contributed by atoms with van der Waals surface area (Å²) in [5.41, 5.74) is 0.873. The van der Waals surface area contributed by atoms with Crippen molar-refractivity contribution in [1.82, 2.24) is 4.90 Å². The fourth-order valence-corrected chi connectivity index (χ4v) is 1.78. The summed E-state index contributed by atoms with van der Waals surface area (Å²) in [6, 6.07) is 5.60. The summed E-state index contributed by atoms with van der Waals surface area (Å²) in [5, 5.41) is 10.1. The second-order valence-electron chi connectivity index (χ2n) is 4.85. The van der Waals surface area contributed by atoms with Gasteiger partial charge in [-0.05, 0) is 33.9 Å². The van der Waals surface area contributed by atoms with Crippen LogP contribution in [0.5, 0.6) is 11.5 Å². The number of phenols is 1. The lowest BCUT2D eigenvalue weighted by atomic mass is 10.1. The Bertz CT molecular complexity index is 380. The molecule has 0 aromatic heterocycles. The number of ether oxygens (including phenoxy) is 2. The van der Waals surface area contributed by atoms with E-state index in [9.17, 15) is 5.11 Å². The maximum absolute atomic E-state index is 10.1. The number of para-hydroxylation sites is 1. The molecule has 0 aliphatic rings. The summed E-state index contributed by atoms with van der Waals surface area (Å²) < 4.78 is 10.9. The van der Waals surface area contributed by atoms with Gasteiger partial charge in [-0.2, -0.15) is 0 Å². The Morgan fingerprint density at radius 1 is 1.32 bits per heavy atom. The first-order chi connectivity index (χ1) is 9.04. The number of hydrogen-bond acceptors (Lipinski definition) is 4.